The van der Waals surface area contributed by atoms with Crippen molar-refractivity contribution in [1.82, 2.24) is 4.90 Å². The van der Waals surface area contributed by atoms with Gasteiger partial charge in [-0.05, 0) is 22.4 Å². The van der Waals surface area contributed by atoms with Gasteiger partial charge in [-0.15, -0.1) is 6.58 Å². The van der Waals surface area contributed by atoms with E-state index in [4.69, 9.17) is 9.47 Å². The summed E-state index contributed by atoms with van der Waals surface area (Å²) in [6, 6.07) is 2.18. The molecule has 2 fully saturated rings. The molecule has 0 radical (unpaired) electrons. The number of hydrogen-bond donors (Lipinski definition) is 0. The average Bonchev–Trinajstić information content (AvgIpc) is 3.13. The number of hydrogen-bond acceptors (Lipinski definition) is 4. The Morgan fingerprint density at radius 3 is 3.25 bits per heavy atom. The number of rotatable bonds is 5. The quantitative estimate of drug-likeness (QED) is 0.776. The van der Waals surface area contributed by atoms with Crippen LogP contribution in [0.4, 0.5) is 0 Å². The van der Waals surface area contributed by atoms with Gasteiger partial charge in [-0.25, -0.2) is 0 Å². The van der Waals surface area contributed by atoms with E-state index in [2.05, 4.69) is 6.58 Å². The molecular weight excluding hydrogens is 274 g/mol. The van der Waals surface area contributed by atoms with Crippen LogP contribution in [0.2, 0.25) is 0 Å². The van der Waals surface area contributed by atoms with E-state index >= 15 is 0 Å². The van der Waals surface area contributed by atoms with Crippen LogP contribution in [0.15, 0.2) is 29.5 Å². The Kier molecular flexibility index (Phi) is 4.19. The molecule has 0 saturated carbocycles. The third kappa shape index (κ3) is 2.66. The fourth-order valence-corrected chi connectivity index (χ4v) is 3.69. The van der Waals surface area contributed by atoms with Crippen molar-refractivity contribution in [2.24, 2.45) is 5.92 Å². The number of likely N-dealkylation sites (tertiary alicyclic amines) is 1. The number of nitrogens with zero attached hydrogens (tertiary/aromatic N) is 1. The fourth-order valence-electron chi connectivity index (χ4n) is 3.02. The van der Waals surface area contributed by atoms with Gasteiger partial charge in [0.25, 0.3) is 0 Å². The average molecular weight is 293 g/mol. The highest BCUT2D eigenvalue weighted by molar-refractivity contribution is 7.07. The summed E-state index contributed by atoms with van der Waals surface area (Å²) in [5, 5.41) is 4.03. The molecule has 1 aromatic rings. The van der Waals surface area contributed by atoms with Crippen molar-refractivity contribution in [2.45, 2.75) is 18.6 Å². The van der Waals surface area contributed by atoms with Gasteiger partial charge in [-0.3, -0.25) is 4.79 Å². The summed E-state index contributed by atoms with van der Waals surface area (Å²) in [4.78, 5) is 14.4. The van der Waals surface area contributed by atoms with Crippen molar-refractivity contribution in [3.05, 3.63) is 35.0 Å². The zero-order valence-electron chi connectivity index (χ0n) is 11.4. The molecule has 0 unspecified atom stereocenters. The van der Waals surface area contributed by atoms with Crippen molar-refractivity contribution < 1.29 is 14.3 Å². The maximum Gasteiger partial charge on any atom is 0.227 e. The highest BCUT2D eigenvalue weighted by Gasteiger charge is 2.47. The van der Waals surface area contributed by atoms with Gasteiger partial charge in [0, 0.05) is 12.5 Å². The van der Waals surface area contributed by atoms with Crippen LogP contribution in [0, 0.1) is 5.92 Å². The SMILES string of the molecule is C=CCO[C@H]1CN(C(=O)Cc2ccsc2)[C@@H]2COC[C@H]12. The van der Waals surface area contributed by atoms with Crippen molar-refractivity contribution >= 4 is 17.2 Å². The molecule has 3 heterocycles. The van der Waals surface area contributed by atoms with Crippen LogP contribution in [0.1, 0.15) is 5.56 Å². The van der Waals surface area contributed by atoms with E-state index in [1.54, 1.807) is 17.4 Å². The fraction of sp³-hybridized carbons (Fsp3) is 0.533. The van der Waals surface area contributed by atoms with Gasteiger partial charge in [-0.2, -0.15) is 11.3 Å². The van der Waals surface area contributed by atoms with E-state index < -0.39 is 0 Å². The zero-order chi connectivity index (χ0) is 13.9. The minimum Gasteiger partial charge on any atom is -0.379 e. The Labute approximate surface area is 123 Å². The monoisotopic (exact) mass is 293 g/mol. The summed E-state index contributed by atoms with van der Waals surface area (Å²) in [6.45, 7) is 6.20. The number of thiophene rings is 1. The highest BCUT2D eigenvalue weighted by atomic mass is 32.1. The number of carbonyl (C=O) groups excluding carboxylic acids is 1. The van der Waals surface area contributed by atoms with Gasteiger partial charge in [0.2, 0.25) is 5.91 Å². The first-order valence-corrected chi connectivity index (χ1v) is 7.84. The minimum absolute atomic E-state index is 0.0759. The lowest BCUT2D eigenvalue weighted by molar-refractivity contribution is -0.132. The van der Waals surface area contributed by atoms with Gasteiger partial charge in [-0.1, -0.05) is 6.08 Å². The van der Waals surface area contributed by atoms with Crippen LogP contribution in [0.5, 0.6) is 0 Å². The minimum atomic E-state index is 0.0759. The predicted octanol–water partition coefficient (Wildman–Crippen LogP) is 1.72. The molecule has 0 spiro atoms. The number of fused-ring (bicyclic) bond motifs is 1. The second kappa shape index (κ2) is 6.08. The molecule has 5 heteroatoms. The summed E-state index contributed by atoms with van der Waals surface area (Å²) in [7, 11) is 0. The van der Waals surface area contributed by atoms with Crippen LogP contribution in [0.25, 0.3) is 0 Å². The molecule has 3 rings (SSSR count). The first-order valence-electron chi connectivity index (χ1n) is 6.90. The van der Waals surface area contributed by atoms with E-state index in [1.165, 1.54) is 0 Å². The Bertz CT molecular complexity index is 473. The lowest BCUT2D eigenvalue weighted by Gasteiger charge is -2.22. The standard InChI is InChI=1S/C15H19NO3S/c1-2-4-19-14-7-16(13-9-18-8-12(13)14)15(17)6-11-3-5-20-10-11/h2-3,5,10,12-14H,1,4,6-9H2/t12-,13+,14-/m0/s1. The van der Waals surface area contributed by atoms with Gasteiger partial charge in [0.05, 0.1) is 38.4 Å². The van der Waals surface area contributed by atoms with Crippen LogP contribution in [-0.2, 0) is 20.7 Å². The first kappa shape index (κ1) is 13.8. The van der Waals surface area contributed by atoms with Gasteiger partial charge in [0.15, 0.2) is 0 Å². The number of amides is 1. The predicted molar refractivity (Wildman–Crippen MR) is 77.8 cm³/mol. The summed E-state index contributed by atoms with van der Waals surface area (Å²) in [5.41, 5.74) is 1.09. The van der Waals surface area contributed by atoms with Gasteiger partial charge in [0.1, 0.15) is 0 Å². The third-order valence-electron chi connectivity index (χ3n) is 4.03. The molecule has 108 valence electrons. The largest absolute Gasteiger partial charge is 0.379 e. The van der Waals surface area contributed by atoms with Crippen LogP contribution < -0.4 is 0 Å². The van der Waals surface area contributed by atoms with E-state index in [9.17, 15) is 4.79 Å². The normalized spacial score (nSPS) is 28.6. The Hall–Kier alpha value is -1.17. The second-order valence-corrected chi connectivity index (χ2v) is 6.06. The topological polar surface area (TPSA) is 38.8 Å². The Morgan fingerprint density at radius 1 is 1.60 bits per heavy atom. The lowest BCUT2D eigenvalue weighted by Crippen LogP contribution is -2.39. The van der Waals surface area contributed by atoms with E-state index in [0.29, 0.717) is 38.7 Å². The molecule has 2 aliphatic heterocycles. The van der Waals surface area contributed by atoms with Crippen molar-refractivity contribution in [3.63, 3.8) is 0 Å². The lowest BCUT2D eigenvalue weighted by atomic mass is 10.0. The first-order chi connectivity index (χ1) is 9.79. The Morgan fingerprint density at radius 2 is 2.50 bits per heavy atom. The zero-order valence-corrected chi connectivity index (χ0v) is 12.2. The van der Waals surface area contributed by atoms with Crippen molar-refractivity contribution in [3.8, 4) is 0 Å². The summed E-state index contributed by atoms with van der Waals surface area (Å²) in [5.74, 6) is 0.481. The molecule has 20 heavy (non-hydrogen) atoms. The van der Waals surface area contributed by atoms with Gasteiger partial charge >= 0.3 is 0 Å². The maximum atomic E-state index is 12.5. The molecule has 0 aromatic carbocycles. The molecule has 1 amide bonds. The van der Waals surface area contributed by atoms with E-state index in [-0.39, 0.29) is 18.1 Å². The Balaban J connectivity index is 1.66. The number of ether oxygens (including phenoxy) is 2. The summed E-state index contributed by atoms with van der Waals surface area (Å²) < 4.78 is 11.3. The van der Waals surface area contributed by atoms with Crippen LogP contribution in [-0.4, -0.2) is 49.3 Å². The van der Waals surface area contributed by atoms with Crippen LogP contribution in [0.3, 0.4) is 0 Å². The molecule has 0 bridgehead atoms. The van der Waals surface area contributed by atoms with E-state index in [0.717, 1.165) is 5.56 Å². The molecular formula is C15H19NO3S. The summed E-state index contributed by atoms with van der Waals surface area (Å²) >= 11 is 1.62. The summed E-state index contributed by atoms with van der Waals surface area (Å²) in [6.07, 6.45) is 2.30. The van der Waals surface area contributed by atoms with Crippen molar-refractivity contribution in [2.75, 3.05) is 26.4 Å². The molecule has 4 nitrogen and oxygen atoms in total. The van der Waals surface area contributed by atoms with E-state index in [1.807, 2.05) is 21.7 Å². The maximum absolute atomic E-state index is 12.5. The molecule has 0 aliphatic carbocycles. The third-order valence-corrected chi connectivity index (χ3v) is 4.76. The highest BCUT2D eigenvalue weighted by Crippen LogP contribution is 2.32. The molecule has 2 saturated heterocycles. The molecule has 3 atom stereocenters. The smallest absolute Gasteiger partial charge is 0.227 e. The number of carbonyl (C=O) groups is 1. The molecule has 2 aliphatic rings. The molecule has 0 N–H and O–H groups in total. The second-order valence-electron chi connectivity index (χ2n) is 5.28. The van der Waals surface area contributed by atoms with Crippen molar-refractivity contribution in [1.29, 1.82) is 0 Å². The molecule has 1 aromatic heterocycles. The van der Waals surface area contributed by atoms with Crippen LogP contribution >= 0.6 is 11.3 Å². The van der Waals surface area contributed by atoms with Gasteiger partial charge < -0.3 is 14.4 Å².